The van der Waals surface area contributed by atoms with Crippen LogP contribution < -0.4 is 0 Å². The standard InChI is InChI=1S/C21H24N2O5/c1-14-18(21(26)27)11-17(28-14)13-22(2)19(24)16-9-6-10-23(12-16)20(25)15-7-4-3-5-8-15/h3-5,7-8,11,16H,6,9-10,12-13H2,1-2H3,(H,26,27). The maximum absolute atomic E-state index is 12.9. The fourth-order valence-corrected chi connectivity index (χ4v) is 3.58. The molecule has 2 aromatic rings. The molecule has 7 heteroatoms. The Balaban J connectivity index is 1.64. The van der Waals surface area contributed by atoms with Crippen LogP contribution in [0.1, 0.15) is 45.1 Å². The molecule has 0 aliphatic carbocycles. The third-order valence-electron chi connectivity index (χ3n) is 5.05. The molecule has 0 spiro atoms. The first kappa shape index (κ1) is 19.7. The Kier molecular flexibility index (Phi) is 5.82. The van der Waals surface area contributed by atoms with E-state index in [1.807, 2.05) is 18.2 Å². The molecule has 148 valence electrons. The highest BCUT2D eigenvalue weighted by Crippen LogP contribution is 2.22. The molecule has 1 unspecified atom stereocenters. The van der Waals surface area contributed by atoms with Crippen molar-refractivity contribution in [2.24, 2.45) is 5.92 Å². The molecule has 1 N–H and O–H groups in total. The largest absolute Gasteiger partial charge is 0.478 e. The summed E-state index contributed by atoms with van der Waals surface area (Å²) in [7, 11) is 1.67. The van der Waals surface area contributed by atoms with Crippen LogP contribution in [0.3, 0.4) is 0 Å². The molecule has 0 radical (unpaired) electrons. The summed E-state index contributed by atoms with van der Waals surface area (Å²) in [5.74, 6) is -0.713. The molecule has 1 saturated heterocycles. The molecule has 1 aromatic carbocycles. The van der Waals surface area contributed by atoms with Crippen molar-refractivity contribution in [1.82, 2.24) is 9.80 Å². The van der Waals surface area contributed by atoms with Crippen LogP contribution in [0.5, 0.6) is 0 Å². The van der Waals surface area contributed by atoms with Gasteiger partial charge in [0.1, 0.15) is 17.1 Å². The molecular weight excluding hydrogens is 360 g/mol. The molecule has 1 atom stereocenters. The van der Waals surface area contributed by atoms with Gasteiger partial charge in [0, 0.05) is 25.7 Å². The molecule has 3 rings (SSSR count). The monoisotopic (exact) mass is 384 g/mol. The predicted molar refractivity (Wildman–Crippen MR) is 102 cm³/mol. The highest BCUT2D eigenvalue weighted by atomic mass is 16.4. The van der Waals surface area contributed by atoms with Crippen molar-refractivity contribution < 1.29 is 23.9 Å². The van der Waals surface area contributed by atoms with Crippen molar-refractivity contribution in [3.63, 3.8) is 0 Å². The van der Waals surface area contributed by atoms with Gasteiger partial charge in [-0.05, 0) is 38.0 Å². The number of aromatic carboxylic acids is 1. The molecular formula is C21H24N2O5. The minimum atomic E-state index is -1.05. The lowest BCUT2D eigenvalue weighted by molar-refractivity contribution is -0.136. The van der Waals surface area contributed by atoms with Gasteiger partial charge in [0.25, 0.3) is 5.91 Å². The van der Waals surface area contributed by atoms with Crippen LogP contribution in [-0.2, 0) is 11.3 Å². The number of carbonyl (C=O) groups is 3. The summed E-state index contributed by atoms with van der Waals surface area (Å²) in [6.45, 7) is 2.80. The quantitative estimate of drug-likeness (QED) is 0.856. The summed E-state index contributed by atoms with van der Waals surface area (Å²) in [6.07, 6.45) is 1.49. The molecule has 1 fully saturated rings. The lowest BCUT2D eigenvalue weighted by atomic mass is 9.96. The van der Waals surface area contributed by atoms with Crippen molar-refractivity contribution in [3.05, 3.63) is 59.0 Å². The van der Waals surface area contributed by atoms with E-state index in [-0.39, 0.29) is 29.8 Å². The Morgan fingerprint density at radius 2 is 1.96 bits per heavy atom. The van der Waals surface area contributed by atoms with Crippen LogP contribution in [0.4, 0.5) is 0 Å². The van der Waals surface area contributed by atoms with Crippen LogP contribution in [0.25, 0.3) is 0 Å². The van der Waals surface area contributed by atoms with Crippen molar-refractivity contribution in [1.29, 1.82) is 0 Å². The Hall–Kier alpha value is -3.09. The summed E-state index contributed by atoms with van der Waals surface area (Å²) < 4.78 is 5.46. The van der Waals surface area contributed by atoms with E-state index in [9.17, 15) is 14.4 Å². The smallest absolute Gasteiger partial charge is 0.339 e. The van der Waals surface area contributed by atoms with Crippen LogP contribution in [0.2, 0.25) is 0 Å². The summed E-state index contributed by atoms with van der Waals surface area (Å²) in [4.78, 5) is 39.9. The number of amides is 2. The molecule has 7 nitrogen and oxygen atoms in total. The first-order chi connectivity index (χ1) is 13.4. The van der Waals surface area contributed by atoms with Crippen molar-refractivity contribution in [2.75, 3.05) is 20.1 Å². The number of hydrogen-bond donors (Lipinski definition) is 1. The zero-order valence-corrected chi connectivity index (χ0v) is 16.1. The number of rotatable bonds is 5. The van der Waals surface area contributed by atoms with Crippen LogP contribution in [-0.4, -0.2) is 52.8 Å². The van der Waals surface area contributed by atoms with Gasteiger partial charge < -0.3 is 19.3 Å². The van der Waals surface area contributed by atoms with Crippen LogP contribution >= 0.6 is 0 Å². The number of hydrogen-bond acceptors (Lipinski definition) is 4. The first-order valence-electron chi connectivity index (χ1n) is 9.28. The number of nitrogens with zero attached hydrogens (tertiary/aromatic N) is 2. The number of aryl methyl sites for hydroxylation is 1. The summed E-state index contributed by atoms with van der Waals surface area (Å²) >= 11 is 0. The molecule has 2 heterocycles. The molecule has 2 amide bonds. The average Bonchev–Trinajstić information content (AvgIpc) is 3.07. The van der Waals surface area contributed by atoms with Gasteiger partial charge in [-0.25, -0.2) is 4.79 Å². The Morgan fingerprint density at radius 3 is 2.61 bits per heavy atom. The van der Waals surface area contributed by atoms with Crippen molar-refractivity contribution in [2.45, 2.75) is 26.3 Å². The maximum atomic E-state index is 12.9. The average molecular weight is 384 g/mol. The first-order valence-corrected chi connectivity index (χ1v) is 9.28. The van der Waals surface area contributed by atoms with E-state index in [4.69, 9.17) is 9.52 Å². The van der Waals surface area contributed by atoms with E-state index in [2.05, 4.69) is 0 Å². The Morgan fingerprint density at radius 1 is 1.25 bits per heavy atom. The minimum Gasteiger partial charge on any atom is -0.478 e. The van der Waals surface area contributed by atoms with Crippen molar-refractivity contribution in [3.8, 4) is 0 Å². The maximum Gasteiger partial charge on any atom is 0.339 e. The lowest BCUT2D eigenvalue weighted by Gasteiger charge is -2.34. The van der Waals surface area contributed by atoms with Gasteiger partial charge in [-0.1, -0.05) is 18.2 Å². The summed E-state index contributed by atoms with van der Waals surface area (Å²) in [6, 6.07) is 10.5. The van der Waals surface area contributed by atoms with Gasteiger partial charge in [0.2, 0.25) is 5.91 Å². The number of piperidine rings is 1. The third-order valence-corrected chi connectivity index (χ3v) is 5.05. The number of benzene rings is 1. The van der Waals surface area contributed by atoms with Crippen LogP contribution in [0, 0.1) is 12.8 Å². The van der Waals surface area contributed by atoms with E-state index >= 15 is 0 Å². The van der Waals surface area contributed by atoms with E-state index < -0.39 is 5.97 Å². The summed E-state index contributed by atoms with van der Waals surface area (Å²) in [5.41, 5.74) is 0.726. The second-order valence-electron chi connectivity index (χ2n) is 7.14. The van der Waals surface area contributed by atoms with Gasteiger partial charge in [-0.15, -0.1) is 0 Å². The summed E-state index contributed by atoms with van der Waals surface area (Å²) in [5, 5.41) is 9.12. The fraction of sp³-hybridized carbons (Fsp3) is 0.381. The second-order valence-corrected chi connectivity index (χ2v) is 7.14. The molecule has 1 aromatic heterocycles. The molecule has 0 bridgehead atoms. The number of carboxylic acid groups (broad SMARTS) is 1. The number of carbonyl (C=O) groups excluding carboxylic acids is 2. The molecule has 28 heavy (non-hydrogen) atoms. The fourth-order valence-electron chi connectivity index (χ4n) is 3.58. The van der Waals surface area contributed by atoms with Gasteiger partial charge >= 0.3 is 5.97 Å². The highest BCUT2D eigenvalue weighted by molar-refractivity contribution is 5.94. The predicted octanol–water partition coefficient (Wildman–Crippen LogP) is 2.80. The normalized spacial score (nSPS) is 16.6. The topological polar surface area (TPSA) is 91.1 Å². The number of furan rings is 1. The Labute approximate surface area is 163 Å². The van der Waals surface area contributed by atoms with Crippen molar-refractivity contribution >= 4 is 17.8 Å². The number of carboxylic acids is 1. The van der Waals surface area contributed by atoms with Gasteiger partial charge in [0.15, 0.2) is 0 Å². The van der Waals surface area contributed by atoms with Gasteiger partial charge in [-0.3, -0.25) is 9.59 Å². The third kappa shape index (κ3) is 4.24. The SMILES string of the molecule is Cc1oc(CN(C)C(=O)C2CCCN(C(=O)c3ccccc3)C2)cc1C(=O)O. The highest BCUT2D eigenvalue weighted by Gasteiger charge is 2.31. The molecule has 1 aliphatic rings. The van der Waals surface area contributed by atoms with E-state index in [1.165, 1.54) is 11.0 Å². The lowest BCUT2D eigenvalue weighted by Crippen LogP contribution is -2.45. The van der Waals surface area contributed by atoms with Gasteiger partial charge in [-0.2, -0.15) is 0 Å². The van der Waals surface area contributed by atoms with E-state index in [0.29, 0.717) is 30.2 Å². The van der Waals surface area contributed by atoms with Gasteiger partial charge in [0.05, 0.1) is 12.5 Å². The number of likely N-dealkylation sites (tertiary alicyclic amines) is 1. The van der Waals surface area contributed by atoms with E-state index in [0.717, 1.165) is 12.8 Å². The molecule has 0 saturated carbocycles. The zero-order chi connectivity index (χ0) is 20.3. The minimum absolute atomic E-state index is 0.0616. The Bertz CT molecular complexity index is 874. The van der Waals surface area contributed by atoms with Crippen LogP contribution in [0.15, 0.2) is 40.8 Å². The van der Waals surface area contributed by atoms with E-state index in [1.54, 1.807) is 31.0 Å². The molecule has 1 aliphatic heterocycles. The second kappa shape index (κ2) is 8.29. The zero-order valence-electron chi connectivity index (χ0n) is 16.1.